The van der Waals surface area contributed by atoms with Crippen LogP contribution in [-0.4, -0.2) is 21.1 Å². The highest BCUT2D eigenvalue weighted by molar-refractivity contribution is 5.97. The Bertz CT molecular complexity index is 821. The minimum Gasteiger partial charge on any atom is -0.504 e. The quantitative estimate of drug-likeness (QED) is 0.339. The Morgan fingerprint density at radius 1 is 1.25 bits per heavy atom. The van der Waals surface area contributed by atoms with Crippen LogP contribution < -0.4 is 5.32 Å². The number of rotatable bonds is 5. The van der Waals surface area contributed by atoms with Crippen molar-refractivity contribution in [1.82, 2.24) is 10.3 Å². The largest absolute Gasteiger partial charge is 0.504 e. The highest BCUT2D eigenvalue weighted by Crippen LogP contribution is 2.25. The number of aromatic hydroxyl groups is 2. The van der Waals surface area contributed by atoms with Gasteiger partial charge in [0.25, 0.3) is 5.91 Å². The summed E-state index contributed by atoms with van der Waals surface area (Å²) in [5, 5.41) is 30.3. The van der Waals surface area contributed by atoms with E-state index in [2.05, 4.69) is 10.3 Å². The number of nitrogens with zero attached hydrogens (tertiary/aromatic N) is 2. The Hall–Kier alpha value is -3.59. The van der Waals surface area contributed by atoms with E-state index in [1.807, 2.05) is 12.1 Å². The number of nitrogens with one attached hydrogen (secondary N) is 1. The van der Waals surface area contributed by atoms with Crippen LogP contribution in [0.25, 0.3) is 6.08 Å². The lowest BCUT2D eigenvalue weighted by molar-refractivity contribution is -0.117. The molecule has 0 radical (unpaired) electrons. The highest BCUT2D eigenvalue weighted by atomic mass is 16.3. The van der Waals surface area contributed by atoms with E-state index in [1.54, 1.807) is 30.5 Å². The zero-order valence-electron chi connectivity index (χ0n) is 12.7. The maximum Gasteiger partial charge on any atom is 0.262 e. The molecule has 1 aromatic carbocycles. The molecule has 0 aliphatic heterocycles. The summed E-state index contributed by atoms with van der Waals surface area (Å²) >= 11 is 0. The van der Waals surface area contributed by atoms with E-state index >= 15 is 0 Å². The molecule has 0 saturated heterocycles. The second-order valence-electron chi connectivity index (χ2n) is 4.80. The summed E-state index contributed by atoms with van der Waals surface area (Å²) in [6, 6.07) is 11.5. The summed E-state index contributed by atoms with van der Waals surface area (Å²) in [7, 11) is 0. The van der Waals surface area contributed by atoms with Gasteiger partial charge in [-0.15, -0.1) is 0 Å². The van der Waals surface area contributed by atoms with E-state index < -0.39 is 5.91 Å². The van der Waals surface area contributed by atoms with Gasteiger partial charge in [-0.2, -0.15) is 5.26 Å². The van der Waals surface area contributed by atoms with E-state index in [4.69, 9.17) is 5.26 Å². The van der Waals surface area contributed by atoms with Crippen LogP contribution in [0.5, 0.6) is 11.5 Å². The van der Waals surface area contributed by atoms with Gasteiger partial charge in [-0.3, -0.25) is 9.78 Å². The van der Waals surface area contributed by atoms with Crippen LogP contribution in [0.15, 0.2) is 60.3 Å². The monoisotopic (exact) mass is 321 g/mol. The van der Waals surface area contributed by atoms with Crippen LogP contribution in [0.4, 0.5) is 0 Å². The van der Waals surface area contributed by atoms with Crippen molar-refractivity contribution in [1.29, 1.82) is 5.26 Å². The molecule has 6 nitrogen and oxygen atoms in total. The van der Waals surface area contributed by atoms with Crippen molar-refractivity contribution in [3.63, 3.8) is 0 Å². The van der Waals surface area contributed by atoms with Crippen LogP contribution >= 0.6 is 0 Å². The zero-order valence-corrected chi connectivity index (χ0v) is 12.7. The molecule has 0 fully saturated rings. The molecule has 6 heteroatoms. The third-order valence-electron chi connectivity index (χ3n) is 3.07. The number of carbonyl (C=O) groups excluding carboxylic acids is 1. The maximum absolute atomic E-state index is 12.0. The first-order valence-corrected chi connectivity index (χ1v) is 7.08. The molecule has 2 rings (SSSR count). The Labute approximate surface area is 139 Å². The summed E-state index contributed by atoms with van der Waals surface area (Å²) in [5.74, 6) is -0.953. The Morgan fingerprint density at radius 2 is 2.08 bits per heavy atom. The van der Waals surface area contributed by atoms with Gasteiger partial charge in [-0.1, -0.05) is 24.3 Å². The van der Waals surface area contributed by atoms with Gasteiger partial charge >= 0.3 is 0 Å². The number of allylic oxidation sites excluding steroid dienone is 2. The molecule has 1 heterocycles. The number of hydrogen-bond donors (Lipinski definition) is 3. The molecule has 120 valence electrons. The Kier molecular flexibility index (Phi) is 5.70. The standard InChI is InChI=1S/C18H15N3O3/c19-11-14(18(24)21-12-15-6-1-2-9-20-15)5-3-4-13-7-8-16(22)17(23)10-13/h1-10,22-23H,12H2,(H,21,24)/b4-3+,14-5+. The molecule has 0 bridgehead atoms. The lowest BCUT2D eigenvalue weighted by Crippen LogP contribution is -2.24. The van der Waals surface area contributed by atoms with E-state index in [-0.39, 0.29) is 23.6 Å². The third kappa shape index (κ3) is 4.71. The maximum atomic E-state index is 12.0. The van der Waals surface area contributed by atoms with E-state index in [1.165, 1.54) is 24.3 Å². The Balaban J connectivity index is 2.00. The average molecular weight is 321 g/mol. The number of aromatic nitrogens is 1. The molecular weight excluding hydrogens is 306 g/mol. The normalized spacial score (nSPS) is 11.2. The van der Waals surface area contributed by atoms with E-state index in [0.29, 0.717) is 11.3 Å². The summed E-state index contributed by atoms with van der Waals surface area (Å²) in [6.07, 6.45) is 6.11. The van der Waals surface area contributed by atoms with Crippen molar-refractivity contribution < 1.29 is 15.0 Å². The van der Waals surface area contributed by atoms with Gasteiger partial charge in [0.1, 0.15) is 11.6 Å². The first kappa shape index (κ1) is 16.8. The van der Waals surface area contributed by atoms with Crippen LogP contribution in [0, 0.1) is 11.3 Å². The number of nitriles is 1. The van der Waals surface area contributed by atoms with Crippen molar-refractivity contribution in [2.75, 3.05) is 0 Å². The SMILES string of the molecule is N#C/C(=C\C=C\c1ccc(O)c(O)c1)C(=O)NCc1ccccn1. The molecule has 2 aromatic rings. The van der Waals surface area contributed by atoms with Gasteiger partial charge in [0.15, 0.2) is 11.5 Å². The number of phenols is 2. The number of phenolic OH excluding ortho intramolecular Hbond substituents is 2. The predicted octanol–water partition coefficient (Wildman–Crippen LogP) is 2.27. The number of pyridine rings is 1. The second kappa shape index (κ2) is 8.15. The first-order chi connectivity index (χ1) is 11.6. The molecule has 0 atom stereocenters. The number of amides is 1. The minimum atomic E-state index is -0.499. The summed E-state index contributed by atoms with van der Waals surface area (Å²) in [6.45, 7) is 0.230. The van der Waals surface area contributed by atoms with Crippen LogP contribution in [0.1, 0.15) is 11.3 Å². The van der Waals surface area contributed by atoms with Gasteiger partial charge in [0.05, 0.1) is 12.2 Å². The lowest BCUT2D eigenvalue weighted by atomic mass is 10.1. The van der Waals surface area contributed by atoms with Crippen LogP contribution in [0.2, 0.25) is 0 Å². The molecule has 0 aliphatic rings. The van der Waals surface area contributed by atoms with Crippen molar-refractivity contribution in [3.8, 4) is 17.6 Å². The van der Waals surface area contributed by atoms with Gasteiger partial charge in [-0.05, 0) is 35.9 Å². The molecule has 0 aliphatic carbocycles. The number of hydrogen-bond acceptors (Lipinski definition) is 5. The van der Waals surface area contributed by atoms with Gasteiger partial charge in [0, 0.05) is 6.20 Å². The summed E-state index contributed by atoms with van der Waals surface area (Å²) < 4.78 is 0. The third-order valence-corrected chi connectivity index (χ3v) is 3.07. The average Bonchev–Trinajstić information content (AvgIpc) is 2.60. The summed E-state index contributed by atoms with van der Waals surface area (Å²) in [4.78, 5) is 16.0. The van der Waals surface area contributed by atoms with Gasteiger partial charge in [-0.25, -0.2) is 0 Å². The lowest BCUT2D eigenvalue weighted by Gasteiger charge is -2.02. The van der Waals surface area contributed by atoms with Crippen molar-refractivity contribution in [2.45, 2.75) is 6.54 Å². The van der Waals surface area contributed by atoms with Gasteiger partial charge < -0.3 is 15.5 Å². The fraction of sp³-hybridized carbons (Fsp3) is 0.0556. The van der Waals surface area contributed by atoms with Crippen molar-refractivity contribution in [2.24, 2.45) is 0 Å². The molecule has 0 spiro atoms. The molecule has 24 heavy (non-hydrogen) atoms. The molecule has 0 saturated carbocycles. The second-order valence-corrected chi connectivity index (χ2v) is 4.80. The Morgan fingerprint density at radius 3 is 2.75 bits per heavy atom. The first-order valence-electron chi connectivity index (χ1n) is 7.08. The smallest absolute Gasteiger partial charge is 0.262 e. The zero-order chi connectivity index (χ0) is 17.4. The molecule has 0 unspecified atom stereocenters. The predicted molar refractivity (Wildman–Crippen MR) is 88.6 cm³/mol. The summed E-state index contributed by atoms with van der Waals surface area (Å²) in [5.41, 5.74) is 1.26. The van der Waals surface area contributed by atoms with E-state index in [9.17, 15) is 15.0 Å². The number of carbonyl (C=O) groups is 1. The number of benzene rings is 1. The topological polar surface area (TPSA) is 106 Å². The van der Waals surface area contributed by atoms with Crippen LogP contribution in [-0.2, 0) is 11.3 Å². The molecule has 3 N–H and O–H groups in total. The van der Waals surface area contributed by atoms with Crippen molar-refractivity contribution in [3.05, 3.63) is 71.6 Å². The molecule has 1 aromatic heterocycles. The van der Waals surface area contributed by atoms with Gasteiger partial charge in [0.2, 0.25) is 0 Å². The van der Waals surface area contributed by atoms with Crippen LogP contribution in [0.3, 0.4) is 0 Å². The highest BCUT2D eigenvalue weighted by Gasteiger charge is 2.07. The molecule has 1 amide bonds. The van der Waals surface area contributed by atoms with Crippen molar-refractivity contribution >= 4 is 12.0 Å². The fourth-order valence-corrected chi connectivity index (χ4v) is 1.83. The molecular formula is C18H15N3O3. The fourth-order valence-electron chi connectivity index (χ4n) is 1.83. The van der Waals surface area contributed by atoms with E-state index in [0.717, 1.165) is 0 Å². The minimum absolute atomic E-state index is 0.0508.